The van der Waals surface area contributed by atoms with Gasteiger partial charge in [-0.3, -0.25) is 4.79 Å². The summed E-state index contributed by atoms with van der Waals surface area (Å²) in [5.41, 5.74) is 10.0. The van der Waals surface area contributed by atoms with Crippen molar-refractivity contribution in [2.45, 2.75) is 25.4 Å². The number of amides is 1. The van der Waals surface area contributed by atoms with E-state index < -0.39 is 0 Å². The minimum Gasteiger partial charge on any atom is -0.335 e. The Balaban J connectivity index is 0.00000176. The third-order valence-corrected chi connectivity index (χ3v) is 4.33. The first-order valence-corrected chi connectivity index (χ1v) is 7.34. The van der Waals surface area contributed by atoms with Crippen molar-refractivity contribution in [3.63, 3.8) is 0 Å². The number of halogens is 1. The highest BCUT2D eigenvalue weighted by atomic mass is 35.5. The molecule has 0 radical (unpaired) electrons. The molecule has 0 fully saturated rings. The molecule has 1 aliphatic rings. The molecular weight excluding hydrogens is 296 g/mol. The van der Waals surface area contributed by atoms with Gasteiger partial charge in [0.25, 0.3) is 5.91 Å². The van der Waals surface area contributed by atoms with Crippen molar-refractivity contribution in [2.75, 3.05) is 7.05 Å². The fraction of sp³-hybridized carbons (Fsp3) is 0.278. The highest BCUT2D eigenvalue weighted by Crippen LogP contribution is 2.35. The van der Waals surface area contributed by atoms with Crippen LogP contribution < -0.4 is 5.73 Å². The Bertz CT molecular complexity index is 654. The number of nitrogens with two attached hydrogens (primary N) is 1. The maximum atomic E-state index is 12.6. The summed E-state index contributed by atoms with van der Waals surface area (Å²) in [5.74, 6) is 0.0697. The van der Waals surface area contributed by atoms with Gasteiger partial charge in [-0.15, -0.1) is 12.4 Å². The maximum absolute atomic E-state index is 12.6. The lowest BCUT2D eigenvalue weighted by Crippen LogP contribution is -2.30. The van der Waals surface area contributed by atoms with E-state index in [4.69, 9.17) is 5.73 Å². The maximum Gasteiger partial charge on any atom is 0.254 e. The molecule has 2 aromatic rings. The van der Waals surface area contributed by atoms with Crippen LogP contribution >= 0.6 is 12.4 Å². The summed E-state index contributed by atoms with van der Waals surface area (Å²) in [6.07, 6.45) is 2.05. The van der Waals surface area contributed by atoms with Crippen molar-refractivity contribution in [1.29, 1.82) is 0 Å². The molecule has 0 saturated carbocycles. The molecule has 3 rings (SSSR count). The molecule has 0 spiro atoms. The predicted molar refractivity (Wildman–Crippen MR) is 91.2 cm³/mol. The molecule has 0 bridgehead atoms. The molecule has 22 heavy (non-hydrogen) atoms. The molecule has 1 atom stereocenters. The summed E-state index contributed by atoms with van der Waals surface area (Å²) in [5, 5.41) is 0. The van der Waals surface area contributed by atoms with Crippen LogP contribution in [-0.2, 0) is 13.0 Å². The van der Waals surface area contributed by atoms with Crippen molar-refractivity contribution < 1.29 is 4.79 Å². The van der Waals surface area contributed by atoms with Crippen LogP contribution in [-0.4, -0.2) is 17.9 Å². The van der Waals surface area contributed by atoms with E-state index in [9.17, 15) is 4.79 Å². The zero-order chi connectivity index (χ0) is 14.8. The third kappa shape index (κ3) is 3.01. The van der Waals surface area contributed by atoms with E-state index in [1.807, 2.05) is 42.3 Å². The zero-order valence-corrected chi connectivity index (χ0v) is 13.5. The standard InChI is InChI=1S/C18H20N2O.ClH/c1-20(17-11-10-14-4-2-3-5-16(14)17)18(21)15-8-6-13(12-19)7-9-15;/h2-9,17H,10-12,19H2,1H3;1H. The van der Waals surface area contributed by atoms with Gasteiger partial charge >= 0.3 is 0 Å². The molecule has 1 aliphatic carbocycles. The third-order valence-electron chi connectivity index (χ3n) is 4.33. The lowest BCUT2D eigenvalue weighted by Gasteiger charge is -2.25. The fourth-order valence-corrected chi connectivity index (χ4v) is 3.07. The van der Waals surface area contributed by atoms with E-state index in [2.05, 4.69) is 18.2 Å². The summed E-state index contributed by atoms with van der Waals surface area (Å²) >= 11 is 0. The van der Waals surface area contributed by atoms with E-state index >= 15 is 0 Å². The van der Waals surface area contributed by atoms with Gasteiger partial charge < -0.3 is 10.6 Å². The van der Waals surface area contributed by atoms with Crippen LogP contribution in [0.15, 0.2) is 48.5 Å². The molecule has 3 nitrogen and oxygen atoms in total. The fourth-order valence-electron chi connectivity index (χ4n) is 3.07. The highest BCUT2D eigenvalue weighted by Gasteiger charge is 2.28. The van der Waals surface area contributed by atoms with E-state index in [1.165, 1.54) is 11.1 Å². The second-order valence-corrected chi connectivity index (χ2v) is 5.57. The van der Waals surface area contributed by atoms with Crippen molar-refractivity contribution >= 4 is 18.3 Å². The minimum absolute atomic E-state index is 0. The smallest absolute Gasteiger partial charge is 0.254 e. The number of benzene rings is 2. The Morgan fingerprint density at radius 2 is 1.86 bits per heavy atom. The molecule has 0 aromatic heterocycles. The number of aryl methyl sites for hydroxylation is 1. The number of nitrogens with zero attached hydrogens (tertiary/aromatic N) is 1. The lowest BCUT2D eigenvalue weighted by molar-refractivity contribution is 0.0730. The van der Waals surface area contributed by atoms with E-state index in [-0.39, 0.29) is 24.4 Å². The van der Waals surface area contributed by atoms with Gasteiger partial charge in [0.1, 0.15) is 0 Å². The van der Waals surface area contributed by atoms with Crippen molar-refractivity contribution in [3.05, 3.63) is 70.8 Å². The van der Waals surface area contributed by atoms with Crippen LogP contribution in [0.5, 0.6) is 0 Å². The summed E-state index contributed by atoms with van der Waals surface area (Å²) < 4.78 is 0. The lowest BCUT2D eigenvalue weighted by atomic mass is 10.1. The molecule has 2 aromatic carbocycles. The number of carbonyl (C=O) groups is 1. The first-order valence-electron chi connectivity index (χ1n) is 7.34. The molecule has 1 unspecified atom stereocenters. The van der Waals surface area contributed by atoms with E-state index in [1.54, 1.807) is 0 Å². The molecule has 0 aliphatic heterocycles. The Labute approximate surface area is 137 Å². The van der Waals surface area contributed by atoms with Gasteiger partial charge in [-0.05, 0) is 41.7 Å². The summed E-state index contributed by atoms with van der Waals surface area (Å²) in [6, 6.07) is 16.2. The molecular formula is C18H21ClN2O. The number of hydrogen-bond donors (Lipinski definition) is 1. The highest BCUT2D eigenvalue weighted by molar-refractivity contribution is 5.94. The van der Waals surface area contributed by atoms with Gasteiger partial charge in [-0.2, -0.15) is 0 Å². The van der Waals surface area contributed by atoms with E-state index in [0.29, 0.717) is 6.54 Å². The Hall–Kier alpha value is -1.84. The van der Waals surface area contributed by atoms with E-state index in [0.717, 1.165) is 24.0 Å². The molecule has 0 saturated heterocycles. The van der Waals surface area contributed by atoms with Crippen LogP contribution in [0.1, 0.15) is 39.5 Å². The van der Waals surface area contributed by atoms with Crippen molar-refractivity contribution in [2.24, 2.45) is 5.73 Å². The zero-order valence-electron chi connectivity index (χ0n) is 12.7. The SMILES string of the molecule is CN(C(=O)c1ccc(CN)cc1)C1CCc2ccccc21.Cl. The van der Waals surface area contributed by atoms with Crippen LogP contribution in [0.3, 0.4) is 0 Å². The van der Waals surface area contributed by atoms with Crippen LogP contribution in [0.2, 0.25) is 0 Å². The first-order chi connectivity index (χ1) is 10.2. The van der Waals surface area contributed by atoms with Gasteiger partial charge in [-0.25, -0.2) is 0 Å². The average molecular weight is 317 g/mol. The largest absolute Gasteiger partial charge is 0.335 e. The Morgan fingerprint density at radius 3 is 2.55 bits per heavy atom. The monoisotopic (exact) mass is 316 g/mol. The van der Waals surface area contributed by atoms with Gasteiger partial charge in [0.2, 0.25) is 0 Å². The second kappa shape index (κ2) is 6.95. The van der Waals surface area contributed by atoms with Crippen molar-refractivity contribution in [1.82, 2.24) is 4.90 Å². The summed E-state index contributed by atoms with van der Waals surface area (Å²) in [6.45, 7) is 0.500. The predicted octanol–water partition coefficient (Wildman–Crippen LogP) is 3.33. The summed E-state index contributed by atoms with van der Waals surface area (Å²) in [7, 11) is 1.89. The molecule has 116 valence electrons. The average Bonchev–Trinajstić information content (AvgIpc) is 2.97. The number of carbonyl (C=O) groups excluding carboxylic acids is 1. The van der Waals surface area contributed by atoms with Gasteiger partial charge in [0.15, 0.2) is 0 Å². The van der Waals surface area contributed by atoms with Crippen molar-refractivity contribution in [3.8, 4) is 0 Å². The van der Waals surface area contributed by atoms with Gasteiger partial charge in [0, 0.05) is 19.2 Å². The normalized spacial score (nSPS) is 15.8. The minimum atomic E-state index is 0. The van der Waals surface area contributed by atoms with Crippen LogP contribution in [0, 0.1) is 0 Å². The van der Waals surface area contributed by atoms with Gasteiger partial charge in [0.05, 0.1) is 6.04 Å². The second-order valence-electron chi connectivity index (χ2n) is 5.57. The number of hydrogen-bond acceptors (Lipinski definition) is 2. The molecule has 2 N–H and O–H groups in total. The first kappa shape index (κ1) is 16.5. The topological polar surface area (TPSA) is 46.3 Å². The van der Waals surface area contributed by atoms with Crippen LogP contribution in [0.4, 0.5) is 0 Å². The molecule has 1 amide bonds. The molecule has 0 heterocycles. The Kier molecular flexibility index (Phi) is 5.22. The number of rotatable bonds is 3. The summed E-state index contributed by atoms with van der Waals surface area (Å²) in [4.78, 5) is 14.5. The van der Waals surface area contributed by atoms with Gasteiger partial charge in [-0.1, -0.05) is 36.4 Å². The number of fused-ring (bicyclic) bond motifs is 1. The quantitative estimate of drug-likeness (QED) is 0.944. The van der Waals surface area contributed by atoms with Crippen LogP contribution in [0.25, 0.3) is 0 Å². The molecule has 4 heteroatoms. The Morgan fingerprint density at radius 1 is 1.18 bits per heavy atom.